The van der Waals surface area contributed by atoms with Crippen molar-refractivity contribution in [3.63, 3.8) is 0 Å². The molecule has 0 radical (unpaired) electrons. The molecule has 86 valence electrons. The van der Waals surface area contributed by atoms with Gasteiger partial charge in [0.05, 0.1) is 7.11 Å². The molecule has 1 rings (SSSR count). The molecule has 0 amide bonds. The molecule has 5 nitrogen and oxygen atoms in total. The van der Waals surface area contributed by atoms with Gasteiger partial charge in [-0.25, -0.2) is 4.79 Å². The SMILES string of the molecule is COC(=O)c1c(C(F)(F)F)oc(N)c1C#N. The zero-order chi connectivity index (χ0) is 12.5. The van der Waals surface area contributed by atoms with E-state index >= 15 is 0 Å². The summed E-state index contributed by atoms with van der Waals surface area (Å²) in [7, 11) is 0.882. The Morgan fingerprint density at radius 2 is 2.12 bits per heavy atom. The normalized spacial score (nSPS) is 10.9. The van der Waals surface area contributed by atoms with Gasteiger partial charge in [0.15, 0.2) is 0 Å². The van der Waals surface area contributed by atoms with Crippen molar-refractivity contribution in [2.75, 3.05) is 12.8 Å². The highest BCUT2D eigenvalue weighted by Crippen LogP contribution is 2.37. The van der Waals surface area contributed by atoms with Crippen LogP contribution in [0.5, 0.6) is 0 Å². The van der Waals surface area contributed by atoms with Crippen molar-refractivity contribution in [2.45, 2.75) is 6.18 Å². The topological polar surface area (TPSA) is 89.2 Å². The van der Waals surface area contributed by atoms with E-state index < -0.39 is 34.9 Å². The number of alkyl halides is 3. The quantitative estimate of drug-likeness (QED) is 0.744. The Kier molecular flexibility index (Phi) is 2.80. The largest absolute Gasteiger partial charge is 0.465 e. The van der Waals surface area contributed by atoms with Crippen LogP contribution in [0.15, 0.2) is 4.42 Å². The molecule has 0 spiro atoms. The number of carbonyl (C=O) groups is 1. The number of halogens is 3. The summed E-state index contributed by atoms with van der Waals surface area (Å²) >= 11 is 0. The zero-order valence-corrected chi connectivity index (χ0v) is 7.88. The van der Waals surface area contributed by atoms with Crippen molar-refractivity contribution in [1.29, 1.82) is 5.26 Å². The smallest absolute Gasteiger partial charge is 0.450 e. The van der Waals surface area contributed by atoms with Crippen molar-refractivity contribution in [1.82, 2.24) is 0 Å². The molecule has 0 aliphatic carbocycles. The molecule has 0 aliphatic rings. The molecule has 1 aromatic rings. The fourth-order valence-corrected chi connectivity index (χ4v) is 1.06. The molecular formula is C8H5F3N2O3. The van der Waals surface area contributed by atoms with Crippen LogP contribution in [0.3, 0.4) is 0 Å². The number of esters is 1. The molecule has 0 unspecified atom stereocenters. The van der Waals surface area contributed by atoms with E-state index in [0.717, 1.165) is 7.11 Å². The van der Waals surface area contributed by atoms with Crippen LogP contribution in [0.4, 0.5) is 19.1 Å². The monoisotopic (exact) mass is 234 g/mol. The minimum absolute atomic E-state index is 0.681. The molecule has 0 aliphatic heterocycles. The predicted octanol–water partition coefficient (Wildman–Crippen LogP) is 1.54. The van der Waals surface area contributed by atoms with Gasteiger partial charge in [-0.1, -0.05) is 0 Å². The maximum Gasteiger partial charge on any atom is 0.450 e. The van der Waals surface area contributed by atoms with Crippen LogP contribution in [-0.2, 0) is 10.9 Å². The van der Waals surface area contributed by atoms with Crippen molar-refractivity contribution < 1.29 is 27.1 Å². The van der Waals surface area contributed by atoms with Gasteiger partial charge in [-0.3, -0.25) is 0 Å². The van der Waals surface area contributed by atoms with Gasteiger partial charge < -0.3 is 14.9 Å². The van der Waals surface area contributed by atoms with E-state index in [1.165, 1.54) is 6.07 Å². The first-order valence-electron chi connectivity index (χ1n) is 3.80. The Balaban J connectivity index is 3.53. The molecule has 1 aromatic heterocycles. The summed E-state index contributed by atoms with van der Waals surface area (Å²) in [5.74, 6) is -3.73. The lowest BCUT2D eigenvalue weighted by Gasteiger charge is -2.04. The number of hydrogen-bond acceptors (Lipinski definition) is 5. The maximum absolute atomic E-state index is 12.4. The fraction of sp³-hybridized carbons (Fsp3) is 0.250. The van der Waals surface area contributed by atoms with Crippen LogP contribution in [0.1, 0.15) is 21.7 Å². The first-order valence-corrected chi connectivity index (χ1v) is 3.80. The van der Waals surface area contributed by atoms with Crippen molar-refractivity contribution >= 4 is 11.9 Å². The van der Waals surface area contributed by atoms with Gasteiger partial charge in [-0.15, -0.1) is 0 Å². The van der Waals surface area contributed by atoms with E-state index in [0.29, 0.717) is 0 Å². The molecule has 0 saturated heterocycles. The summed E-state index contributed by atoms with van der Waals surface area (Å²) in [5.41, 5.74) is 3.36. The van der Waals surface area contributed by atoms with Crippen LogP contribution >= 0.6 is 0 Å². The lowest BCUT2D eigenvalue weighted by atomic mass is 10.1. The number of nitrogens with two attached hydrogens (primary N) is 1. The standard InChI is InChI=1S/C8H5F3N2O3/c1-15-7(14)4-3(2-12)6(13)16-5(4)8(9,10)11/h13H2,1H3. The average molecular weight is 234 g/mol. The van der Waals surface area contributed by atoms with Gasteiger partial charge in [-0.05, 0) is 0 Å². The highest BCUT2D eigenvalue weighted by atomic mass is 19.4. The molecule has 2 N–H and O–H groups in total. The van der Waals surface area contributed by atoms with Crippen molar-refractivity contribution in [3.05, 3.63) is 16.9 Å². The van der Waals surface area contributed by atoms with Crippen molar-refractivity contribution in [3.8, 4) is 6.07 Å². The number of furan rings is 1. The number of nitrogen functional groups attached to an aromatic ring is 1. The van der Waals surface area contributed by atoms with E-state index in [4.69, 9.17) is 11.0 Å². The number of rotatable bonds is 1. The van der Waals surface area contributed by atoms with Crippen LogP contribution in [0.2, 0.25) is 0 Å². The Hall–Kier alpha value is -2.17. The van der Waals surface area contributed by atoms with Gasteiger partial charge in [0.1, 0.15) is 17.2 Å². The summed E-state index contributed by atoms with van der Waals surface area (Å²) in [6, 6.07) is 1.35. The summed E-state index contributed by atoms with van der Waals surface area (Å²) in [5, 5.41) is 8.56. The lowest BCUT2D eigenvalue weighted by Crippen LogP contribution is -2.12. The first-order chi connectivity index (χ1) is 7.32. The molecule has 1 heterocycles. The second kappa shape index (κ2) is 3.77. The molecule has 0 bridgehead atoms. The third-order valence-electron chi connectivity index (χ3n) is 1.69. The molecule has 8 heteroatoms. The molecule has 0 atom stereocenters. The Labute approximate surface area is 87.2 Å². The number of carbonyl (C=O) groups excluding carboxylic acids is 1. The number of methoxy groups -OCH3 is 1. The van der Waals surface area contributed by atoms with Gasteiger partial charge in [0.25, 0.3) is 0 Å². The van der Waals surface area contributed by atoms with Gasteiger partial charge in [0, 0.05) is 0 Å². The second-order valence-corrected chi connectivity index (χ2v) is 2.65. The van der Waals surface area contributed by atoms with E-state index in [2.05, 4.69) is 9.15 Å². The van der Waals surface area contributed by atoms with Gasteiger partial charge >= 0.3 is 12.1 Å². The van der Waals surface area contributed by atoms with Crippen LogP contribution < -0.4 is 5.73 Å². The molecule has 0 fully saturated rings. The third kappa shape index (κ3) is 1.79. The highest BCUT2D eigenvalue weighted by Gasteiger charge is 2.43. The second-order valence-electron chi connectivity index (χ2n) is 2.65. The van der Waals surface area contributed by atoms with Crippen LogP contribution in [-0.4, -0.2) is 13.1 Å². The first kappa shape index (κ1) is 11.9. The Morgan fingerprint density at radius 1 is 1.56 bits per heavy atom. The molecule has 0 saturated carbocycles. The molecule has 16 heavy (non-hydrogen) atoms. The highest BCUT2D eigenvalue weighted by molar-refractivity contribution is 5.95. The minimum Gasteiger partial charge on any atom is -0.465 e. The van der Waals surface area contributed by atoms with Gasteiger partial charge in [-0.2, -0.15) is 18.4 Å². The number of nitriles is 1. The average Bonchev–Trinajstić information content (AvgIpc) is 2.53. The number of nitrogens with zero attached hydrogens (tertiary/aromatic N) is 1. The third-order valence-corrected chi connectivity index (χ3v) is 1.69. The summed E-state index contributed by atoms with van der Waals surface area (Å²) < 4.78 is 45.5. The zero-order valence-electron chi connectivity index (χ0n) is 7.88. The number of hydrogen-bond donors (Lipinski definition) is 1. The van der Waals surface area contributed by atoms with Crippen molar-refractivity contribution in [2.24, 2.45) is 0 Å². The fourth-order valence-electron chi connectivity index (χ4n) is 1.06. The minimum atomic E-state index is -4.92. The van der Waals surface area contributed by atoms with E-state index in [9.17, 15) is 18.0 Å². The maximum atomic E-state index is 12.4. The van der Waals surface area contributed by atoms with Gasteiger partial charge in [0.2, 0.25) is 11.6 Å². The summed E-state index contributed by atoms with van der Waals surface area (Å²) in [6.07, 6.45) is -4.92. The van der Waals surface area contributed by atoms with E-state index in [1.54, 1.807) is 0 Å². The molecular weight excluding hydrogens is 229 g/mol. The summed E-state index contributed by atoms with van der Waals surface area (Å²) in [4.78, 5) is 11.1. The van der Waals surface area contributed by atoms with Crippen LogP contribution in [0, 0.1) is 11.3 Å². The number of ether oxygens (including phenoxy) is 1. The van der Waals surface area contributed by atoms with Crippen LogP contribution in [0.25, 0.3) is 0 Å². The van der Waals surface area contributed by atoms with E-state index in [-0.39, 0.29) is 0 Å². The number of anilines is 1. The Bertz CT molecular complexity index is 470. The van der Waals surface area contributed by atoms with E-state index in [1.807, 2.05) is 0 Å². The summed E-state index contributed by atoms with van der Waals surface area (Å²) in [6.45, 7) is 0. The molecule has 0 aromatic carbocycles. The Morgan fingerprint density at radius 3 is 2.50 bits per heavy atom. The lowest BCUT2D eigenvalue weighted by molar-refractivity contribution is -0.153. The predicted molar refractivity (Wildman–Crippen MR) is 44.2 cm³/mol.